The van der Waals surface area contributed by atoms with Crippen LogP contribution in [0.2, 0.25) is 0 Å². The van der Waals surface area contributed by atoms with Gasteiger partial charge in [0, 0.05) is 6.54 Å². The summed E-state index contributed by atoms with van der Waals surface area (Å²) >= 11 is 0. The minimum atomic E-state index is -0.788. The molecule has 2 N–H and O–H groups in total. The Labute approximate surface area is 95.5 Å². The molecule has 3 nitrogen and oxygen atoms in total. The SMILES string of the molecule is O=C(O)CNCC1CCCc2ccccc21. The van der Waals surface area contributed by atoms with Crippen molar-refractivity contribution in [1.82, 2.24) is 5.32 Å². The van der Waals surface area contributed by atoms with Gasteiger partial charge in [-0.15, -0.1) is 0 Å². The Morgan fingerprint density at radius 1 is 1.44 bits per heavy atom. The quantitative estimate of drug-likeness (QED) is 0.811. The van der Waals surface area contributed by atoms with Crippen molar-refractivity contribution in [3.05, 3.63) is 35.4 Å². The number of nitrogens with one attached hydrogen (secondary N) is 1. The molecule has 0 amide bonds. The van der Waals surface area contributed by atoms with Crippen LogP contribution in [0.1, 0.15) is 29.9 Å². The second-order valence-corrected chi connectivity index (χ2v) is 4.31. The maximum Gasteiger partial charge on any atom is 0.317 e. The van der Waals surface area contributed by atoms with Crippen LogP contribution in [-0.4, -0.2) is 24.2 Å². The van der Waals surface area contributed by atoms with Gasteiger partial charge in [0.05, 0.1) is 6.54 Å². The summed E-state index contributed by atoms with van der Waals surface area (Å²) in [6, 6.07) is 8.49. The average Bonchev–Trinajstić information content (AvgIpc) is 2.29. The Morgan fingerprint density at radius 3 is 3.06 bits per heavy atom. The van der Waals surface area contributed by atoms with Crippen molar-refractivity contribution >= 4 is 5.97 Å². The van der Waals surface area contributed by atoms with E-state index in [2.05, 4.69) is 29.6 Å². The van der Waals surface area contributed by atoms with E-state index < -0.39 is 5.97 Å². The zero-order valence-corrected chi connectivity index (χ0v) is 9.28. The van der Waals surface area contributed by atoms with Crippen molar-refractivity contribution in [2.45, 2.75) is 25.2 Å². The smallest absolute Gasteiger partial charge is 0.317 e. The summed E-state index contributed by atoms with van der Waals surface area (Å²) < 4.78 is 0. The number of carbonyl (C=O) groups is 1. The number of aryl methyl sites for hydroxylation is 1. The third-order valence-electron chi connectivity index (χ3n) is 3.16. The normalized spacial score (nSPS) is 19.1. The summed E-state index contributed by atoms with van der Waals surface area (Å²) in [4.78, 5) is 10.4. The molecule has 0 saturated carbocycles. The fourth-order valence-electron chi connectivity index (χ4n) is 2.42. The van der Waals surface area contributed by atoms with Gasteiger partial charge < -0.3 is 10.4 Å². The molecule has 1 aromatic rings. The lowest BCUT2D eigenvalue weighted by Gasteiger charge is -2.25. The fraction of sp³-hybridized carbons (Fsp3) is 0.462. The monoisotopic (exact) mass is 219 g/mol. The van der Waals surface area contributed by atoms with E-state index >= 15 is 0 Å². The first-order chi connectivity index (χ1) is 7.77. The third-order valence-corrected chi connectivity index (χ3v) is 3.16. The predicted octanol–water partition coefficient (Wildman–Crippen LogP) is 1.78. The highest BCUT2D eigenvalue weighted by Crippen LogP contribution is 2.30. The Kier molecular flexibility index (Phi) is 3.57. The largest absolute Gasteiger partial charge is 0.480 e. The highest BCUT2D eigenvalue weighted by molar-refractivity contribution is 5.69. The Hall–Kier alpha value is -1.35. The minimum absolute atomic E-state index is 0.0542. The van der Waals surface area contributed by atoms with Crippen LogP contribution < -0.4 is 5.32 Å². The number of benzene rings is 1. The van der Waals surface area contributed by atoms with Crippen LogP contribution in [0, 0.1) is 0 Å². The van der Waals surface area contributed by atoms with Crippen LogP contribution >= 0.6 is 0 Å². The molecule has 0 radical (unpaired) electrons. The van der Waals surface area contributed by atoms with Gasteiger partial charge in [0.15, 0.2) is 0 Å². The number of rotatable bonds is 4. The minimum Gasteiger partial charge on any atom is -0.480 e. The van der Waals surface area contributed by atoms with Gasteiger partial charge in [-0.05, 0) is 36.3 Å². The van der Waals surface area contributed by atoms with Crippen molar-refractivity contribution in [2.75, 3.05) is 13.1 Å². The van der Waals surface area contributed by atoms with E-state index in [-0.39, 0.29) is 6.54 Å². The molecule has 1 unspecified atom stereocenters. The molecule has 0 saturated heterocycles. The van der Waals surface area contributed by atoms with Crippen molar-refractivity contribution in [2.24, 2.45) is 0 Å². The number of hydrogen-bond acceptors (Lipinski definition) is 2. The molecule has 0 fully saturated rings. The van der Waals surface area contributed by atoms with Gasteiger partial charge in [-0.25, -0.2) is 0 Å². The highest BCUT2D eigenvalue weighted by Gasteiger charge is 2.19. The number of carboxylic acids is 1. The molecule has 0 spiro atoms. The lowest BCUT2D eigenvalue weighted by atomic mass is 9.83. The zero-order valence-electron chi connectivity index (χ0n) is 9.28. The Balaban J connectivity index is 1.99. The van der Waals surface area contributed by atoms with E-state index in [1.54, 1.807) is 0 Å². The summed E-state index contributed by atoms with van der Waals surface area (Å²) in [5.41, 5.74) is 2.82. The summed E-state index contributed by atoms with van der Waals surface area (Å²) in [6.45, 7) is 0.821. The molecule has 1 atom stereocenters. The van der Waals surface area contributed by atoms with Gasteiger partial charge in [-0.3, -0.25) is 4.79 Å². The van der Waals surface area contributed by atoms with Crippen molar-refractivity contribution in [3.8, 4) is 0 Å². The van der Waals surface area contributed by atoms with Crippen LogP contribution in [0.25, 0.3) is 0 Å². The first-order valence-corrected chi connectivity index (χ1v) is 5.77. The van der Waals surface area contributed by atoms with Crippen molar-refractivity contribution in [1.29, 1.82) is 0 Å². The van der Waals surface area contributed by atoms with Gasteiger partial charge in [-0.1, -0.05) is 24.3 Å². The van der Waals surface area contributed by atoms with E-state index in [1.165, 1.54) is 17.5 Å². The van der Waals surface area contributed by atoms with E-state index in [0.717, 1.165) is 19.4 Å². The molecular weight excluding hydrogens is 202 g/mol. The Morgan fingerprint density at radius 2 is 2.25 bits per heavy atom. The highest BCUT2D eigenvalue weighted by atomic mass is 16.4. The maximum atomic E-state index is 10.4. The van der Waals surface area contributed by atoms with Crippen LogP contribution in [0.15, 0.2) is 24.3 Å². The molecule has 1 aliphatic carbocycles. The zero-order chi connectivity index (χ0) is 11.4. The molecule has 0 aliphatic heterocycles. The fourth-order valence-corrected chi connectivity index (χ4v) is 2.42. The molecule has 3 heteroatoms. The summed E-state index contributed by atoms with van der Waals surface area (Å²) in [5.74, 6) is -0.312. The second kappa shape index (κ2) is 5.12. The van der Waals surface area contributed by atoms with Gasteiger partial charge in [0.2, 0.25) is 0 Å². The predicted molar refractivity (Wildman–Crippen MR) is 62.6 cm³/mol. The van der Waals surface area contributed by atoms with Crippen LogP contribution in [0.4, 0.5) is 0 Å². The molecule has 86 valence electrons. The van der Waals surface area contributed by atoms with Crippen molar-refractivity contribution in [3.63, 3.8) is 0 Å². The van der Waals surface area contributed by atoms with Crippen LogP contribution in [0.5, 0.6) is 0 Å². The van der Waals surface area contributed by atoms with E-state index in [9.17, 15) is 4.79 Å². The molecular formula is C13H17NO2. The third kappa shape index (κ3) is 2.61. The lowest BCUT2D eigenvalue weighted by molar-refractivity contribution is -0.135. The van der Waals surface area contributed by atoms with Crippen LogP contribution in [0.3, 0.4) is 0 Å². The summed E-state index contributed by atoms with van der Waals surface area (Å²) in [6.07, 6.45) is 3.52. The number of carboxylic acid groups (broad SMARTS) is 1. The molecule has 1 aromatic carbocycles. The number of hydrogen-bond donors (Lipinski definition) is 2. The molecule has 1 aliphatic rings. The standard InChI is InChI=1S/C13H17NO2/c15-13(16)9-14-8-11-6-3-5-10-4-1-2-7-12(10)11/h1-2,4,7,11,14H,3,5-6,8-9H2,(H,15,16). The molecule has 0 aromatic heterocycles. The molecule has 16 heavy (non-hydrogen) atoms. The second-order valence-electron chi connectivity index (χ2n) is 4.31. The first kappa shape index (κ1) is 11.1. The van der Waals surface area contributed by atoms with Gasteiger partial charge in [-0.2, -0.15) is 0 Å². The van der Waals surface area contributed by atoms with E-state index in [1.807, 2.05) is 0 Å². The Bertz CT molecular complexity index is 376. The molecule has 0 bridgehead atoms. The maximum absolute atomic E-state index is 10.4. The van der Waals surface area contributed by atoms with Gasteiger partial charge in [0.25, 0.3) is 0 Å². The summed E-state index contributed by atoms with van der Waals surface area (Å²) in [7, 11) is 0. The number of fused-ring (bicyclic) bond motifs is 1. The average molecular weight is 219 g/mol. The van der Waals surface area contributed by atoms with Crippen LogP contribution in [-0.2, 0) is 11.2 Å². The summed E-state index contributed by atoms with van der Waals surface area (Å²) in [5, 5.41) is 11.6. The van der Waals surface area contributed by atoms with E-state index in [0.29, 0.717) is 5.92 Å². The lowest BCUT2D eigenvalue weighted by Crippen LogP contribution is -2.28. The molecule has 2 rings (SSSR count). The van der Waals surface area contributed by atoms with Gasteiger partial charge >= 0.3 is 5.97 Å². The first-order valence-electron chi connectivity index (χ1n) is 5.77. The molecule has 0 heterocycles. The van der Waals surface area contributed by atoms with Gasteiger partial charge in [0.1, 0.15) is 0 Å². The topological polar surface area (TPSA) is 49.3 Å². The number of aliphatic carboxylic acids is 1. The van der Waals surface area contributed by atoms with Crippen molar-refractivity contribution < 1.29 is 9.90 Å². The van der Waals surface area contributed by atoms with E-state index in [4.69, 9.17) is 5.11 Å².